The Morgan fingerprint density at radius 3 is 2.38 bits per heavy atom. The van der Waals surface area contributed by atoms with E-state index in [1.54, 1.807) is 0 Å². The lowest BCUT2D eigenvalue weighted by molar-refractivity contribution is -0.136. The second kappa shape index (κ2) is 7.12. The lowest BCUT2D eigenvalue weighted by Gasteiger charge is -2.14. The highest BCUT2D eigenvalue weighted by Gasteiger charge is 2.34. The molecule has 3 rings (SSSR count). The van der Waals surface area contributed by atoms with E-state index in [9.17, 15) is 17.6 Å². The number of hydrogen-bond donors (Lipinski definition) is 2. The molecule has 1 heterocycles. The topological polar surface area (TPSA) is 62.7 Å². The van der Waals surface area contributed by atoms with Crippen LogP contribution in [0.4, 0.5) is 40.7 Å². The van der Waals surface area contributed by atoms with Gasteiger partial charge in [-0.2, -0.15) is 23.3 Å². The molecule has 0 unspecified atom stereocenters. The van der Waals surface area contributed by atoms with E-state index in [0.29, 0.717) is 5.69 Å². The van der Waals surface area contributed by atoms with E-state index < -0.39 is 17.6 Å². The second-order valence-corrected chi connectivity index (χ2v) is 5.55. The van der Waals surface area contributed by atoms with Gasteiger partial charge in [-0.1, -0.05) is 11.6 Å². The minimum Gasteiger partial charge on any atom is -0.339 e. The van der Waals surface area contributed by atoms with Gasteiger partial charge in [0.15, 0.2) is 5.82 Å². The van der Waals surface area contributed by atoms with Gasteiger partial charge in [-0.05, 0) is 42.5 Å². The van der Waals surface area contributed by atoms with E-state index in [2.05, 4.69) is 25.8 Å². The number of rotatable bonds is 4. The lowest BCUT2D eigenvalue weighted by atomic mass is 10.1. The molecule has 0 aliphatic heterocycles. The summed E-state index contributed by atoms with van der Waals surface area (Å²) in [6.45, 7) is 0. The van der Waals surface area contributed by atoms with Crippen LogP contribution in [0.5, 0.6) is 0 Å². The SMILES string of the molecule is Fc1ccc(Nc2cnnc(Nc3ccc(Cl)cc3C(F)(F)F)n2)cc1. The monoisotopic (exact) mass is 383 g/mol. The van der Waals surface area contributed by atoms with Crippen molar-refractivity contribution in [3.05, 3.63) is 65.1 Å². The van der Waals surface area contributed by atoms with Gasteiger partial charge in [0.25, 0.3) is 0 Å². The summed E-state index contributed by atoms with van der Waals surface area (Å²) in [5.41, 5.74) is -0.687. The third-order valence-electron chi connectivity index (χ3n) is 3.21. The molecule has 3 aromatic rings. The first-order valence-electron chi connectivity index (χ1n) is 7.17. The molecule has 134 valence electrons. The molecule has 1 aromatic heterocycles. The molecule has 0 saturated carbocycles. The van der Waals surface area contributed by atoms with Crippen LogP contribution in [0.3, 0.4) is 0 Å². The van der Waals surface area contributed by atoms with E-state index >= 15 is 0 Å². The molecule has 5 nitrogen and oxygen atoms in total. The minimum atomic E-state index is -4.61. The normalized spacial score (nSPS) is 11.3. The third kappa shape index (κ3) is 4.37. The summed E-state index contributed by atoms with van der Waals surface area (Å²) in [5.74, 6) is -0.331. The number of aromatic nitrogens is 3. The van der Waals surface area contributed by atoms with Crippen LogP contribution in [0.2, 0.25) is 5.02 Å². The minimum absolute atomic E-state index is 0.0476. The molecule has 0 saturated heterocycles. The Morgan fingerprint density at radius 1 is 0.962 bits per heavy atom. The van der Waals surface area contributed by atoms with E-state index in [0.717, 1.165) is 6.07 Å². The fourth-order valence-electron chi connectivity index (χ4n) is 2.08. The van der Waals surface area contributed by atoms with E-state index in [1.807, 2.05) is 0 Å². The van der Waals surface area contributed by atoms with Crippen molar-refractivity contribution in [1.82, 2.24) is 15.2 Å². The van der Waals surface area contributed by atoms with Gasteiger partial charge in [0, 0.05) is 10.7 Å². The predicted molar refractivity (Wildman–Crippen MR) is 89.2 cm³/mol. The molecular weight excluding hydrogens is 374 g/mol. The summed E-state index contributed by atoms with van der Waals surface area (Å²) in [5, 5.41) is 12.6. The average molecular weight is 384 g/mol. The summed E-state index contributed by atoms with van der Waals surface area (Å²) in [6.07, 6.45) is -3.33. The van der Waals surface area contributed by atoms with Crippen molar-refractivity contribution in [2.75, 3.05) is 10.6 Å². The molecule has 10 heteroatoms. The van der Waals surface area contributed by atoms with Gasteiger partial charge in [0.05, 0.1) is 17.4 Å². The number of nitrogens with zero attached hydrogens (tertiary/aromatic N) is 3. The maximum atomic E-state index is 13.1. The number of alkyl halides is 3. The molecule has 0 aliphatic carbocycles. The first-order valence-corrected chi connectivity index (χ1v) is 7.55. The van der Waals surface area contributed by atoms with Gasteiger partial charge in [-0.15, -0.1) is 5.10 Å². The summed E-state index contributed by atoms with van der Waals surface area (Å²) in [7, 11) is 0. The number of halogens is 5. The summed E-state index contributed by atoms with van der Waals surface area (Å²) in [6, 6.07) is 8.75. The maximum absolute atomic E-state index is 13.1. The first-order chi connectivity index (χ1) is 12.3. The van der Waals surface area contributed by atoms with Gasteiger partial charge < -0.3 is 10.6 Å². The molecule has 2 N–H and O–H groups in total. The number of nitrogens with one attached hydrogen (secondary N) is 2. The lowest BCUT2D eigenvalue weighted by Crippen LogP contribution is -2.10. The van der Waals surface area contributed by atoms with Gasteiger partial charge in [-0.25, -0.2) is 4.39 Å². The second-order valence-electron chi connectivity index (χ2n) is 5.11. The predicted octanol–water partition coefficient (Wildman–Crippen LogP) is 5.17. The Kier molecular flexibility index (Phi) is 4.90. The van der Waals surface area contributed by atoms with Crippen LogP contribution in [0.1, 0.15) is 5.56 Å². The fraction of sp³-hybridized carbons (Fsp3) is 0.0625. The van der Waals surface area contributed by atoms with Gasteiger partial charge in [0.1, 0.15) is 5.82 Å². The molecule has 0 radical (unpaired) electrons. The van der Waals surface area contributed by atoms with Crippen molar-refractivity contribution in [2.24, 2.45) is 0 Å². The van der Waals surface area contributed by atoms with Crippen molar-refractivity contribution in [3.8, 4) is 0 Å². The zero-order chi connectivity index (χ0) is 18.7. The van der Waals surface area contributed by atoms with Crippen molar-refractivity contribution in [1.29, 1.82) is 0 Å². The highest BCUT2D eigenvalue weighted by atomic mass is 35.5. The van der Waals surface area contributed by atoms with Crippen LogP contribution < -0.4 is 10.6 Å². The number of benzene rings is 2. The smallest absolute Gasteiger partial charge is 0.339 e. The van der Waals surface area contributed by atoms with Gasteiger partial charge in [-0.3, -0.25) is 0 Å². The summed E-state index contributed by atoms with van der Waals surface area (Å²) >= 11 is 5.64. The number of hydrogen-bond acceptors (Lipinski definition) is 5. The molecule has 0 fully saturated rings. The average Bonchev–Trinajstić information content (AvgIpc) is 2.58. The van der Waals surface area contributed by atoms with Crippen molar-refractivity contribution >= 4 is 34.7 Å². The number of anilines is 4. The molecule has 2 aromatic carbocycles. The molecule has 0 atom stereocenters. The van der Waals surface area contributed by atoms with Gasteiger partial charge in [0.2, 0.25) is 5.95 Å². The summed E-state index contributed by atoms with van der Waals surface area (Å²) in [4.78, 5) is 4.04. The van der Waals surface area contributed by atoms with E-state index in [-0.39, 0.29) is 22.5 Å². The molecule has 0 bridgehead atoms. The van der Waals surface area contributed by atoms with Crippen LogP contribution in [-0.4, -0.2) is 15.2 Å². The molecule has 26 heavy (non-hydrogen) atoms. The van der Waals surface area contributed by atoms with Crippen molar-refractivity contribution < 1.29 is 17.6 Å². The van der Waals surface area contributed by atoms with Crippen molar-refractivity contribution in [2.45, 2.75) is 6.18 Å². The summed E-state index contributed by atoms with van der Waals surface area (Å²) < 4.78 is 52.3. The van der Waals surface area contributed by atoms with Gasteiger partial charge >= 0.3 is 6.18 Å². The highest BCUT2D eigenvalue weighted by Crippen LogP contribution is 2.37. The van der Waals surface area contributed by atoms with Crippen molar-refractivity contribution in [3.63, 3.8) is 0 Å². The zero-order valence-electron chi connectivity index (χ0n) is 12.9. The van der Waals surface area contributed by atoms with Crippen LogP contribution in [0.25, 0.3) is 0 Å². The Hall–Kier alpha value is -2.94. The largest absolute Gasteiger partial charge is 0.418 e. The maximum Gasteiger partial charge on any atom is 0.418 e. The van der Waals surface area contributed by atoms with Crippen LogP contribution >= 0.6 is 11.6 Å². The molecule has 0 amide bonds. The Labute approximate surface area is 150 Å². The Morgan fingerprint density at radius 2 is 1.69 bits per heavy atom. The highest BCUT2D eigenvalue weighted by molar-refractivity contribution is 6.30. The van der Waals surface area contributed by atoms with Crippen LogP contribution in [0.15, 0.2) is 48.7 Å². The third-order valence-corrected chi connectivity index (χ3v) is 3.44. The standard InChI is InChI=1S/C16H10ClF4N5/c17-9-1-6-13(12(7-9)16(19,20)21)24-15-25-14(8-22-26-15)23-11-4-2-10(18)3-5-11/h1-8H,(H2,23,24,25,26). The Balaban J connectivity index is 1.84. The quantitative estimate of drug-likeness (QED) is 0.608. The zero-order valence-corrected chi connectivity index (χ0v) is 13.6. The van der Waals surface area contributed by atoms with E-state index in [4.69, 9.17) is 11.6 Å². The molecular formula is C16H10ClF4N5. The Bertz CT molecular complexity index is 915. The first kappa shape index (κ1) is 17.9. The van der Waals surface area contributed by atoms with E-state index in [1.165, 1.54) is 42.6 Å². The molecule has 0 spiro atoms. The fourth-order valence-corrected chi connectivity index (χ4v) is 2.25. The molecule has 0 aliphatic rings. The van der Waals surface area contributed by atoms with Crippen LogP contribution in [-0.2, 0) is 6.18 Å². The van der Waals surface area contributed by atoms with Crippen LogP contribution in [0, 0.1) is 5.82 Å².